The van der Waals surface area contributed by atoms with Crippen LogP contribution < -0.4 is 10.9 Å². The van der Waals surface area contributed by atoms with Gasteiger partial charge in [-0.05, 0) is 13.3 Å². The molecule has 0 unspecified atom stereocenters. The van der Waals surface area contributed by atoms with Gasteiger partial charge in [-0.3, -0.25) is 4.79 Å². The van der Waals surface area contributed by atoms with E-state index in [0.717, 1.165) is 6.20 Å². The molecule has 0 radical (unpaired) electrons. The molecule has 0 aliphatic rings. The van der Waals surface area contributed by atoms with Crippen molar-refractivity contribution >= 4 is 17.3 Å². The number of aromatic nitrogens is 2. The van der Waals surface area contributed by atoms with Gasteiger partial charge in [0.25, 0.3) is 5.56 Å². The van der Waals surface area contributed by atoms with Crippen LogP contribution >= 0.6 is 11.6 Å². The molecule has 4 nitrogen and oxygen atoms in total. The van der Waals surface area contributed by atoms with E-state index in [0.29, 0.717) is 17.6 Å². The molecule has 0 saturated carbocycles. The molecule has 0 saturated heterocycles. The average Bonchev–Trinajstić information content (AvgIpc) is 2.31. The van der Waals surface area contributed by atoms with E-state index in [2.05, 4.69) is 10.4 Å². The third-order valence-corrected chi connectivity index (χ3v) is 2.54. The van der Waals surface area contributed by atoms with Gasteiger partial charge in [-0.25, -0.2) is 4.68 Å². The summed E-state index contributed by atoms with van der Waals surface area (Å²) < 4.78 is 36.8. The summed E-state index contributed by atoms with van der Waals surface area (Å²) in [4.78, 5) is 11.6. The van der Waals surface area contributed by atoms with Crippen molar-refractivity contribution < 1.29 is 13.2 Å². The van der Waals surface area contributed by atoms with Crippen LogP contribution in [0.5, 0.6) is 0 Å². The second kappa shape index (κ2) is 6.60. The quantitative estimate of drug-likeness (QED) is 0.671. The summed E-state index contributed by atoms with van der Waals surface area (Å²) in [5.74, 6) is 0. The van der Waals surface area contributed by atoms with Gasteiger partial charge in [0.05, 0.1) is 11.9 Å². The SMILES string of the molecule is C/C=C/CCNc1cnn(CC(F)(F)F)c(=O)c1Cl. The third-order valence-electron chi connectivity index (χ3n) is 2.18. The lowest BCUT2D eigenvalue weighted by Crippen LogP contribution is -2.30. The number of alkyl halides is 3. The van der Waals surface area contributed by atoms with Crippen LogP contribution in [0, 0.1) is 0 Å². The Kier molecular flexibility index (Phi) is 5.41. The topological polar surface area (TPSA) is 46.9 Å². The summed E-state index contributed by atoms with van der Waals surface area (Å²) in [6, 6.07) is 0. The molecule has 0 fully saturated rings. The molecule has 1 aromatic rings. The number of halogens is 4. The van der Waals surface area contributed by atoms with Gasteiger partial charge < -0.3 is 5.32 Å². The van der Waals surface area contributed by atoms with Crippen LogP contribution in [0.4, 0.5) is 18.9 Å². The predicted octanol–water partition coefficient (Wildman–Crippen LogP) is 2.84. The Bertz CT molecular complexity index is 511. The first-order valence-corrected chi connectivity index (χ1v) is 5.90. The molecule has 0 spiro atoms. The average molecular weight is 296 g/mol. The zero-order valence-electron chi connectivity index (χ0n) is 10.2. The molecule has 0 aromatic carbocycles. The second-order valence-corrected chi connectivity index (χ2v) is 4.11. The highest BCUT2D eigenvalue weighted by molar-refractivity contribution is 6.32. The van der Waals surface area contributed by atoms with Crippen LogP contribution in [0.3, 0.4) is 0 Å². The van der Waals surface area contributed by atoms with E-state index in [-0.39, 0.29) is 10.7 Å². The Morgan fingerprint density at radius 3 is 2.79 bits per heavy atom. The highest BCUT2D eigenvalue weighted by Gasteiger charge is 2.29. The van der Waals surface area contributed by atoms with Crippen molar-refractivity contribution in [2.24, 2.45) is 0 Å². The van der Waals surface area contributed by atoms with Crippen LogP contribution in [-0.4, -0.2) is 22.5 Å². The standard InChI is InChI=1S/C11H13ClF3N3O/c1-2-3-4-5-16-8-6-17-18(7-11(13,14)15)10(19)9(8)12/h2-3,6,16H,4-5,7H2,1H3/b3-2+. The summed E-state index contributed by atoms with van der Waals surface area (Å²) in [7, 11) is 0. The van der Waals surface area contributed by atoms with Gasteiger partial charge in [-0.1, -0.05) is 23.8 Å². The smallest absolute Gasteiger partial charge is 0.382 e. The van der Waals surface area contributed by atoms with Gasteiger partial charge in [0.2, 0.25) is 0 Å². The van der Waals surface area contributed by atoms with Crippen molar-refractivity contribution in [2.75, 3.05) is 11.9 Å². The van der Waals surface area contributed by atoms with Crippen molar-refractivity contribution in [3.05, 3.63) is 33.7 Å². The predicted molar refractivity (Wildman–Crippen MR) is 67.5 cm³/mol. The second-order valence-electron chi connectivity index (χ2n) is 3.73. The number of hydrogen-bond donors (Lipinski definition) is 1. The zero-order chi connectivity index (χ0) is 14.5. The van der Waals surface area contributed by atoms with Gasteiger partial charge >= 0.3 is 6.18 Å². The minimum absolute atomic E-state index is 0.231. The van der Waals surface area contributed by atoms with Crippen LogP contribution in [0.25, 0.3) is 0 Å². The Morgan fingerprint density at radius 1 is 1.53 bits per heavy atom. The first-order valence-electron chi connectivity index (χ1n) is 5.52. The van der Waals surface area contributed by atoms with Crippen LogP contribution in [0.2, 0.25) is 5.02 Å². The van der Waals surface area contributed by atoms with Crippen molar-refractivity contribution in [3.63, 3.8) is 0 Å². The lowest BCUT2D eigenvalue weighted by atomic mass is 10.3. The van der Waals surface area contributed by atoms with Crippen LogP contribution in [0.1, 0.15) is 13.3 Å². The molecule has 1 aromatic heterocycles. The summed E-state index contributed by atoms with van der Waals surface area (Å²) in [5.41, 5.74) is -0.732. The minimum atomic E-state index is -4.51. The number of nitrogens with zero attached hydrogens (tertiary/aromatic N) is 2. The fourth-order valence-corrected chi connectivity index (χ4v) is 1.54. The van der Waals surface area contributed by atoms with E-state index in [9.17, 15) is 18.0 Å². The number of allylic oxidation sites excluding steroid dienone is 1. The summed E-state index contributed by atoms with van der Waals surface area (Å²) in [6.07, 6.45) is 1.08. The Balaban J connectivity index is 2.83. The molecule has 1 rings (SSSR count). The molecule has 8 heteroatoms. The third kappa shape index (κ3) is 4.94. The summed E-state index contributed by atoms with van der Waals surface area (Å²) >= 11 is 5.72. The fraction of sp³-hybridized carbons (Fsp3) is 0.455. The molecule has 0 aliphatic heterocycles. The maximum atomic E-state index is 12.2. The highest BCUT2D eigenvalue weighted by atomic mass is 35.5. The lowest BCUT2D eigenvalue weighted by molar-refractivity contribution is -0.143. The molecule has 106 valence electrons. The maximum absolute atomic E-state index is 12.2. The van der Waals surface area contributed by atoms with Crippen molar-refractivity contribution in [1.82, 2.24) is 9.78 Å². The number of nitrogens with one attached hydrogen (secondary N) is 1. The Hall–Kier alpha value is -1.50. The van der Waals surface area contributed by atoms with Crippen molar-refractivity contribution in [2.45, 2.75) is 26.1 Å². The largest absolute Gasteiger partial charge is 0.408 e. The van der Waals surface area contributed by atoms with Crippen molar-refractivity contribution in [3.8, 4) is 0 Å². The van der Waals surface area contributed by atoms with Crippen LogP contribution in [0.15, 0.2) is 23.1 Å². The molecule has 0 amide bonds. The normalized spacial score (nSPS) is 12.1. The zero-order valence-corrected chi connectivity index (χ0v) is 10.9. The van der Waals surface area contributed by atoms with Gasteiger partial charge in [0, 0.05) is 6.54 Å². The van der Waals surface area contributed by atoms with E-state index in [1.807, 2.05) is 19.1 Å². The molecule has 1 heterocycles. The molecular weight excluding hydrogens is 283 g/mol. The number of anilines is 1. The van der Waals surface area contributed by atoms with Gasteiger partial charge in [-0.2, -0.15) is 18.3 Å². The van der Waals surface area contributed by atoms with Crippen molar-refractivity contribution in [1.29, 1.82) is 0 Å². The monoisotopic (exact) mass is 295 g/mol. The number of hydrogen-bond acceptors (Lipinski definition) is 3. The Morgan fingerprint density at radius 2 is 2.21 bits per heavy atom. The van der Waals surface area contributed by atoms with E-state index in [4.69, 9.17) is 11.6 Å². The van der Waals surface area contributed by atoms with E-state index in [1.54, 1.807) is 0 Å². The fourth-order valence-electron chi connectivity index (χ4n) is 1.33. The molecule has 0 aliphatic carbocycles. The Labute approximate surface area is 112 Å². The summed E-state index contributed by atoms with van der Waals surface area (Å²) in [5, 5.41) is 5.99. The molecule has 1 N–H and O–H groups in total. The van der Waals surface area contributed by atoms with E-state index >= 15 is 0 Å². The maximum Gasteiger partial charge on any atom is 0.408 e. The van der Waals surface area contributed by atoms with Gasteiger partial charge in [0.15, 0.2) is 0 Å². The first-order chi connectivity index (χ1) is 8.85. The first kappa shape index (κ1) is 15.6. The summed E-state index contributed by atoms with van der Waals surface area (Å²) in [6.45, 7) is 0.922. The minimum Gasteiger partial charge on any atom is -0.382 e. The lowest BCUT2D eigenvalue weighted by Gasteiger charge is -2.11. The molecule has 0 bridgehead atoms. The highest BCUT2D eigenvalue weighted by Crippen LogP contribution is 2.18. The molecule has 19 heavy (non-hydrogen) atoms. The van der Waals surface area contributed by atoms with E-state index in [1.165, 1.54) is 0 Å². The van der Waals surface area contributed by atoms with Gasteiger partial charge in [-0.15, -0.1) is 0 Å². The molecular formula is C11H13ClF3N3O. The molecule has 0 atom stereocenters. The van der Waals surface area contributed by atoms with E-state index < -0.39 is 18.3 Å². The van der Waals surface area contributed by atoms with Crippen LogP contribution in [-0.2, 0) is 6.54 Å². The number of rotatable bonds is 5. The van der Waals surface area contributed by atoms with Gasteiger partial charge in [0.1, 0.15) is 11.6 Å².